The highest BCUT2D eigenvalue weighted by Crippen LogP contribution is 2.25. The van der Waals surface area contributed by atoms with Crippen molar-refractivity contribution in [3.05, 3.63) is 22.3 Å². The Morgan fingerprint density at radius 1 is 1.29 bits per heavy atom. The molecule has 94 valence electrons. The molecule has 1 aliphatic rings. The third-order valence-electron chi connectivity index (χ3n) is 3.14. The van der Waals surface area contributed by atoms with Crippen LogP contribution >= 0.6 is 15.9 Å². The molecule has 1 fully saturated rings. The zero-order valence-corrected chi connectivity index (χ0v) is 11.4. The normalized spacial score (nSPS) is 17.8. The number of hydrogen-bond donors (Lipinski definition) is 1. The van der Waals surface area contributed by atoms with Crippen LogP contribution < -0.4 is 4.74 Å². The highest BCUT2D eigenvalue weighted by Gasteiger charge is 2.16. The molecule has 0 aromatic carbocycles. The molecule has 1 aromatic rings. The van der Waals surface area contributed by atoms with Gasteiger partial charge in [-0.25, -0.2) is 4.98 Å². The van der Waals surface area contributed by atoms with Gasteiger partial charge in [0, 0.05) is 16.2 Å². The summed E-state index contributed by atoms with van der Waals surface area (Å²) < 4.78 is 6.79. The monoisotopic (exact) mass is 299 g/mol. The number of aromatic nitrogens is 1. The summed E-state index contributed by atoms with van der Waals surface area (Å²) in [5.41, 5.74) is 0.753. The molecule has 1 aromatic heterocycles. The fourth-order valence-corrected chi connectivity index (χ4v) is 2.58. The Morgan fingerprint density at radius 3 is 2.65 bits per heavy atom. The fourth-order valence-electron chi connectivity index (χ4n) is 2.21. The molecule has 2 rings (SSSR count). The van der Waals surface area contributed by atoms with Crippen molar-refractivity contribution in [1.82, 2.24) is 4.98 Å². The van der Waals surface area contributed by atoms with Gasteiger partial charge in [-0.3, -0.25) is 0 Å². The Bertz CT molecular complexity index is 362. The predicted octanol–water partition coefficient (Wildman–Crippen LogP) is 3.44. The second kappa shape index (κ2) is 6.36. The summed E-state index contributed by atoms with van der Waals surface area (Å²) in [5, 5.41) is 9.29. The average Bonchev–Trinajstić information content (AvgIpc) is 2.60. The Labute approximate surface area is 110 Å². The van der Waals surface area contributed by atoms with Crippen LogP contribution in [0.25, 0.3) is 0 Å². The Balaban J connectivity index is 2.06. The summed E-state index contributed by atoms with van der Waals surface area (Å²) in [6, 6.07) is 1.86. The van der Waals surface area contributed by atoms with Gasteiger partial charge in [0.05, 0.1) is 6.61 Å². The lowest BCUT2D eigenvalue weighted by molar-refractivity contribution is 0.168. The first-order chi connectivity index (χ1) is 8.29. The third-order valence-corrected chi connectivity index (χ3v) is 3.58. The third kappa shape index (κ3) is 3.68. The first-order valence-corrected chi connectivity index (χ1v) is 7.01. The number of nitrogens with zero attached hydrogens (tertiary/aromatic N) is 1. The van der Waals surface area contributed by atoms with Crippen molar-refractivity contribution in [2.75, 3.05) is 0 Å². The van der Waals surface area contributed by atoms with E-state index in [0.717, 1.165) is 22.9 Å². The summed E-state index contributed by atoms with van der Waals surface area (Å²) in [7, 11) is 0. The molecule has 0 amide bonds. The van der Waals surface area contributed by atoms with Gasteiger partial charge in [-0.05, 0) is 47.7 Å². The first kappa shape index (κ1) is 12.8. The first-order valence-electron chi connectivity index (χ1n) is 6.21. The summed E-state index contributed by atoms with van der Waals surface area (Å²) in [6.45, 7) is -0.0332. The second-order valence-electron chi connectivity index (χ2n) is 4.51. The number of pyridine rings is 1. The maximum atomic E-state index is 9.29. The van der Waals surface area contributed by atoms with Crippen LogP contribution in [0.1, 0.15) is 44.1 Å². The lowest BCUT2D eigenvalue weighted by Gasteiger charge is -2.17. The number of aliphatic hydroxyl groups excluding tert-OH is 1. The minimum absolute atomic E-state index is 0.0332. The maximum Gasteiger partial charge on any atom is 0.219 e. The fraction of sp³-hybridized carbons (Fsp3) is 0.615. The van der Waals surface area contributed by atoms with E-state index < -0.39 is 0 Å². The molecule has 1 saturated carbocycles. The molecule has 0 unspecified atom stereocenters. The summed E-state index contributed by atoms with van der Waals surface area (Å²) in [6.07, 6.45) is 9.25. The van der Waals surface area contributed by atoms with E-state index in [2.05, 4.69) is 20.9 Å². The van der Waals surface area contributed by atoms with E-state index in [9.17, 15) is 5.11 Å². The van der Waals surface area contributed by atoms with Crippen molar-refractivity contribution in [3.8, 4) is 5.88 Å². The number of rotatable bonds is 3. The molecular weight excluding hydrogens is 282 g/mol. The Morgan fingerprint density at radius 2 is 2.00 bits per heavy atom. The lowest BCUT2D eigenvalue weighted by Crippen LogP contribution is -2.16. The van der Waals surface area contributed by atoms with Crippen LogP contribution in [-0.2, 0) is 6.61 Å². The minimum Gasteiger partial charge on any atom is -0.474 e. The van der Waals surface area contributed by atoms with Crippen LogP contribution in [0.2, 0.25) is 0 Å². The molecule has 0 bridgehead atoms. The van der Waals surface area contributed by atoms with Crippen LogP contribution in [0, 0.1) is 0 Å². The van der Waals surface area contributed by atoms with Crippen molar-refractivity contribution in [1.29, 1.82) is 0 Å². The summed E-state index contributed by atoms with van der Waals surface area (Å²) in [4.78, 5) is 4.24. The average molecular weight is 300 g/mol. The summed E-state index contributed by atoms with van der Waals surface area (Å²) >= 11 is 3.35. The molecule has 1 heterocycles. The standard InChI is InChI=1S/C13H18BrNO2/c14-11-7-10(9-16)13(15-8-11)17-12-5-3-1-2-4-6-12/h7-8,12,16H,1-6,9H2. The molecule has 17 heavy (non-hydrogen) atoms. The van der Waals surface area contributed by atoms with Gasteiger partial charge in [-0.2, -0.15) is 0 Å². The number of aliphatic hydroxyl groups is 1. The molecule has 0 radical (unpaired) electrons. The summed E-state index contributed by atoms with van der Waals surface area (Å²) in [5.74, 6) is 0.586. The quantitative estimate of drug-likeness (QED) is 0.870. The van der Waals surface area contributed by atoms with Gasteiger partial charge in [0.1, 0.15) is 6.10 Å². The van der Waals surface area contributed by atoms with E-state index in [1.165, 1.54) is 25.7 Å². The van der Waals surface area contributed by atoms with E-state index in [1.54, 1.807) is 6.20 Å². The molecule has 4 heteroatoms. The molecule has 3 nitrogen and oxygen atoms in total. The Kier molecular flexibility index (Phi) is 4.80. The maximum absolute atomic E-state index is 9.29. The van der Waals surface area contributed by atoms with Crippen molar-refractivity contribution >= 4 is 15.9 Å². The smallest absolute Gasteiger partial charge is 0.219 e. The number of hydrogen-bond acceptors (Lipinski definition) is 3. The lowest BCUT2D eigenvalue weighted by atomic mass is 10.1. The van der Waals surface area contributed by atoms with Gasteiger partial charge in [0.15, 0.2) is 0 Å². The topological polar surface area (TPSA) is 42.4 Å². The minimum atomic E-state index is -0.0332. The van der Waals surface area contributed by atoms with E-state index in [1.807, 2.05) is 6.07 Å². The highest BCUT2D eigenvalue weighted by molar-refractivity contribution is 9.10. The van der Waals surface area contributed by atoms with E-state index >= 15 is 0 Å². The van der Waals surface area contributed by atoms with Gasteiger partial charge in [-0.1, -0.05) is 12.8 Å². The van der Waals surface area contributed by atoms with E-state index in [4.69, 9.17) is 4.74 Å². The van der Waals surface area contributed by atoms with Crippen LogP contribution in [0.3, 0.4) is 0 Å². The van der Waals surface area contributed by atoms with E-state index in [-0.39, 0.29) is 12.7 Å². The van der Waals surface area contributed by atoms with Gasteiger partial charge < -0.3 is 9.84 Å². The van der Waals surface area contributed by atoms with Crippen molar-refractivity contribution in [2.45, 2.75) is 51.2 Å². The Hall–Kier alpha value is -0.610. The SMILES string of the molecule is OCc1cc(Br)cnc1OC1CCCCCC1. The molecule has 1 aliphatic carbocycles. The molecular formula is C13H18BrNO2. The van der Waals surface area contributed by atoms with Gasteiger partial charge in [0.2, 0.25) is 5.88 Å². The van der Waals surface area contributed by atoms with Crippen molar-refractivity contribution in [3.63, 3.8) is 0 Å². The number of halogens is 1. The molecule has 1 N–H and O–H groups in total. The van der Waals surface area contributed by atoms with Crippen LogP contribution in [0.4, 0.5) is 0 Å². The van der Waals surface area contributed by atoms with E-state index in [0.29, 0.717) is 5.88 Å². The molecule has 0 aliphatic heterocycles. The molecule has 0 saturated heterocycles. The zero-order valence-electron chi connectivity index (χ0n) is 9.86. The van der Waals surface area contributed by atoms with Crippen molar-refractivity contribution in [2.24, 2.45) is 0 Å². The molecule has 0 atom stereocenters. The largest absolute Gasteiger partial charge is 0.474 e. The predicted molar refractivity (Wildman–Crippen MR) is 70.0 cm³/mol. The van der Waals surface area contributed by atoms with Crippen LogP contribution in [-0.4, -0.2) is 16.2 Å². The van der Waals surface area contributed by atoms with Gasteiger partial charge in [0.25, 0.3) is 0 Å². The van der Waals surface area contributed by atoms with Crippen LogP contribution in [0.5, 0.6) is 5.88 Å². The zero-order chi connectivity index (χ0) is 12.1. The van der Waals surface area contributed by atoms with Crippen molar-refractivity contribution < 1.29 is 9.84 Å². The molecule has 0 spiro atoms. The highest BCUT2D eigenvalue weighted by atomic mass is 79.9. The van der Waals surface area contributed by atoms with Gasteiger partial charge in [-0.15, -0.1) is 0 Å². The van der Waals surface area contributed by atoms with Crippen LogP contribution in [0.15, 0.2) is 16.7 Å². The number of ether oxygens (including phenoxy) is 1. The van der Waals surface area contributed by atoms with Gasteiger partial charge >= 0.3 is 0 Å². The second-order valence-corrected chi connectivity index (χ2v) is 5.42.